The number of morpholine rings is 1. The summed E-state index contributed by atoms with van der Waals surface area (Å²) in [6.45, 7) is 2.38. The van der Waals surface area contributed by atoms with Gasteiger partial charge in [-0.05, 0) is 60.7 Å². The number of halogens is 1. The third kappa shape index (κ3) is 5.02. The molecule has 4 rings (SSSR count). The van der Waals surface area contributed by atoms with Crippen LogP contribution >= 0.6 is 11.6 Å². The van der Waals surface area contributed by atoms with Crippen LogP contribution in [0, 0.1) is 5.92 Å². The van der Waals surface area contributed by atoms with Gasteiger partial charge in [-0.2, -0.15) is 0 Å². The quantitative estimate of drug-likeness (QED) is 0.769. The fraction of sp³-hybridized carbons (Fsp3) is 0.417. The van der Waals surface area contributed by atoms with E-state index in [0.29, 0.717) is 49.7 Å². The highest BCUT2D eigenvalue weighted by Crippen LogP contribution is 2.41. The molecule has 2 fully saturated rings. The number of hydrogen-bond donors (Lipinski definition) is 1. The predicted octanol–water partition coefficient (Wildman–Crippen LogP) is 3.50. The molecule has 1 heterocycles. The molecule has 2 amide bonds. The van der Waals surface area contributed by atoms with Crippen LogP contribution in [0.25, 0.3) is 0 Å². The van der Waals surface area contributed by atoms with E-state index in [1.165, 1.54) is 0 Å². The molecule has 1 aliphatic carbocycles. The lowest BCUT2D eigenvalue weighted by molar-refractivity contribution is -0.140. The fourth-order valence-electron chi connectivity index (χ4n) is 4.54. The van der Waals surface area contributed by atoms with Gasteiger partial charge in [-0.25, -0.2) is 0 Å². The van der Waals surface area contributed by atoms with E-state index in [9.17, 15) is 9.59 Å². The number of benzene rings is 2. The highest BCUT2D eigenvalue weighted by molar-refractivity contribution is 6.30. The Hall–Kier alpha value is -2.57. The molecule has 2 aromatic carbocycles. The van der Waals surface area contributed by atoms with Crippen molar-refractivity contribution in [2.75, 3.05) is 33.4 Å². The van der Waals surface area contributed by atoms with Gasteiger partial charge in [-0.15, -0.1) is 0 Å². The van der Waals surface area contributed by atoms with Crippen LogP contribution in [-0.4, -0.2) is 56.2 Å². The van der Waals surface area contributed by atoms with E-state index in [2.05, 4.69) is 5.32 Å². The van der Waals surface area contributed by atoms with Gasteiger partial charge < -0.3 is 19.7 Å². The van der Waals surface area contributed by atoms with Gasteiger partial charge >= 0.3 is 0 Å². The molecule has 1 aliphatic heterocycles. The van der Waals surface area contributed by atoms with Gasteiger partial charge in [0.15, 0.2) is 0 Å². The molecule has 0 radical (unpaired) electrons. The molecule has 164 valence electrons. The number of ether oxygens (including phenoxy) is 2. The van der Waals surface area contributed by atoms with Crippen LogP contribution in [0.5, 0.6) is 5.75 Å². The van der Waals surface area contributed by atoms with E-state index in [1.54, 1.807) is 31.4 Å². The molecule has 2 aromatic rings. The first-order valence-corrected chi connectivity index (χ1v) is 11.0. The molecular weight excluding hydrogens is 416 g/mol. The summed E-state index contributed by atoms with van der Waals surface area (Å²) in [4.78, 5) is 28.0. The van der Waals surface area contributed by atoms with Gasteiger partial charge in [-0.1, -0.05) is 23.7 Å². The van der Waals surface area contributed by atoms with Crippen LogP contribution in [0.1, 0.15) is 34.7 Å². The Labute approximate surface area is 187 Å². The van der Waals surface area contributed by atoms with Crippen LogP contribution in [0.3, 0.4) is 0 Å². The Bertz CT molecular complexity index is 910. The molecule has 7 heteroatoms. The molecule has 1 N–H and O–H groups in total. The van der Waals surface area contributed by atoms with Crippen molar-refractivity contribution in [2.45, 2.75) is 24.8 Å². The summed E-state index contributed by atoms with van der Waals surface area (Å²) in [5, 5.41) is 3.71. The maximum Gasteiger partial charge on any atom is 0.251 e. The van der Waals surface area contributed by atoms with Gasteiger partial charge in [0.05, 0.1) is 20.3 Å². The maximum atomic E-state index is 13.4. The van der Waals surface area contributed by atoms with Crippen LogP contribution in [-0.2, 0) is 9.53 Å². The minimum Gasteiger partial charge on any atom is -0.497 e. The van der Waals surface area contributed by atoms with Crippen molar-refractivity contribution in [3.8, 4) is 5.75 Å². The summed E-state index contributed by atoms with van der Waals surface area (Å²) in [5.41, 5.74) is 1.66. The van der Waals surface area contributed by atoms with E-state index < -0.39 is 0 Å². The SMILES string of the molecule is COc1ccc([C@H]2C[C@H](NC(=O)c3ccc(Cl)cc3)C[C@@H]2C(=O)N2CCOCC2)cc1. The summed E-state index contributed by atoms with van der Waals surface area (Å²) < 4.78 is 10.7. The third-order valence-electron chi connectivity index (χ3n) is 6.19. The average Bonchev–Trinajstić information content (AvgIpc) is 3.23. The average molecular weight is 443 g/mol. The number of methoxy groups -OCH3 is 1. The molecule has 6 nitrogen and oxygen atoms in total. The van der Waals surface area contributed by atoms with E-state index >= 15 is 0 Å². The smallest absolute Gasteiger partial charge is 0.251 e. The fourth-order valence-corrected chi connectivity index (χ4v) is 4.66. The molecule has 3 atom stereocenters. The highest BCUT2D eigenvalue weighted by Gasteiger charge is 2.42. The van der Waals surface area contributed by atoms with Crippen molar-refractivity contribution in [1.82, 2.24) is 10.2 Å². The van der Waals surface area contributed by atoms with Crippen molar-refractivity contribution >= 4 is 23.4 Å². The van der Waals surface area contributed by atoms with Crippen molar-refractivity contribution in [3.05, 3.63) is 64.7 Å². The second-order valence-corrected chi connectivity index (χ2v) is 8.51. The lowest BCUT2D eigenvalue weighted by Crippen LogP contribution is -2.44. The number of carbonyl (C=O) groups is 2. The van der Waals surface area contributed by atoms with Crippen molar-refractivity contribution < 1.29 is 19.1 Å². The second kappa shape index (κ2) is 9.71. The molecular formula is C24H27ClN2O4. The Balaban J connectivity index is 1.52. The number of nitrogens with zero attached hydrogens (tertiary/aromatic N) is 1. The monoisotopic (exact) mass is 442 g/mol. The topological polar surface area (TPSA) is 67.9 Å². The molecule has 1 saturated heterocycles. The highest BCUT2D eigenvalue weighted by atomic mass is 35.5. The lowest BCUT2D eigenvalue weighted by atomic mass is 9.88. The van der Waals surface area contributed by atoms with Crippen molar-refractivity contribution in [3.63, 3.8) is 0 Å². The number of carbonyl (C=O) groups excluding carboxylic acids is 2. The van der Waals surface area contributed by atoms with Crippen LogP contribution in [0.2, 0.25) is 5.02 Å². The maximum absolute atomic E-state index is 13.4. The first-order chi connectivity index (χ1) is 15.0. The van der Waals surface area contributed by atoms with Gasteiger partial charge in [0, 0.05) is 35.6 Å². The normalized spacial score (nSPS) is 23.4. The van der Waals surface area contributed by atoms with Crippen LogP contribution in [0.4, 0.5) is 0 Å². The molecule has 0 bridgehead atoms. The molecule has 2 aliphatic rings. The number of nitrogens with one attached hydrogen (secondary N) is 1. The van der Waals surface area contributed by atoms with E-state index in [0.717, 1.165) is 11.3 Å². The number of amides is 2. The molecule has 31 heavy (non-hydrogen) atoms. The van der Waals surface area contributed by atoms with Crippen molar-refractivity contribution in [1.29, 1.82) is 0 Å². The van der Waals surface area contributed by atoms with Gasteiger partial charge in [-0.3, -0.25) is 9.59 Å². The minimum absolute atomic E-state index is 0.0387. The van der Waals surface area contributed by atoms with E-state index in [1.807, 2.05) is 29.2 Å². The first kappa shape index (κ1) is 21.7. The van der Waals surface area contributed by atoms with Gasteiger partial charge in [0.2, 0.25) is 5.91 Å². The Morgan fingerprint density at radius 1 is 1.03 bits per heavy atom. The second-order valence-electron chi connectivity index (χ2n) is 8.07. The molecule has 1 saturated carbocycles. The largest absolute Gasteiger partial charge is 0.497 e. The van der Waals surface area contributed by atoms with Gasteiger partial charge in [0.25, 0.3) is 5.91 Å². The zero-order valence-electron chi connectivity index (χ0n) is 17.6. The summed E-state index contributed by atoms with van der Waals surface area (Å²) in [6.07, 6.45) is 1.33. The lowest BCUT2D eigenvalue weighted by Gasteiger charge is -2.31. The van der Waals surface area contributed by atoms with E-state index in [-0.39, 0.29) is 29.7 Å². The minimum atomic E-state index is -0.179. The Morgan fingerprint density at radius 2 is 1.71 bits per heavy atom. The number of hydrogen-bond acceptors (Lipinski definition) is 4. The zero-order valence-corrected chi connectivity index (χ0v) is 18.3. The predicted molar refractivity (Wildman–Crippen MR) is 119 cm³/mol. The number of rotatable bonds is 5. The van der Waals surface area contributed by atoms with Gasteiger partial charge in [0.1, 0.15) is 5.75 Å². The molecule has 0 spiro atoms. The zero-order chi connectivity index (χ0) is 21.8. The molecule has 0 unspecified atom stereocenters. The van der Waals surface area contributed by atoms with Crippen LogP contribution in [0.15, 0.2) is 48.5 Å². The third-order valence-corrected chi connectivity index (χ3v) is 6.44. The molecule has 0 aromatic heterocycles. The Kier molecular flexibility index (Phi) is 6.78. The van der Waals surface area contributed by atoms with Crippen molar-refractivity contribution in [2.24, 2.45) is 5.92 Å². The summed E-state index contributed by atoms with van der Waals surface area (Å²) in [5.74, 6) is 0.645. The van der Waals surface area contributed by atoms with E-state index in [4.69, 9.17) is 21.1 Å². The summed E-state index contributed by atoms with van der Waals surface area (Å²) in [7, 11) is 1.64. The Morgan fingerprint density at radius 3 is 2.35 bits per heavy atom. The standard InChI is InChI=1S/C24H27ClN2O4/c1-30-20-8-4-16(5-9-20)21-14-19(26-23(28)17-2-6-18(25)7-3-17)15-22(21)24(29)27-10-12-31-13-11-27/h2-9,19,21-22H,10-15H2,1H3,(H,26,28)/t19-,21+,22-/m0/s1. The summed E-state index contributed by atoms with van der Waals surface area (Å²) in [6, 6.07) is 14.6. The van der Waals surface area contributed by atoms with Crippen LogP contribution < -0.4 is 10.1 Å². The first-order valence-electron chi connectivity index (χ1n) is 10.6. The summed E-state index contributed by atoms with van der Waals surface area (Å²) >= 11 is 5.93.